The van der Waals surface area contributed by atoms with E-state index in [4.69, 9.17) is 0 Å². The van der Waals surface area contributed by atoms with Gasteiger partial charge in [0.1, 0.15) is 8.07 Å². The van der Waals surface area contributed by atoms with Crippen molar-refractivity contribution >= 4 is 13.4 Å². The maximum absolute atomic E-state index is 4.54. The first-order chi connectivity index (χ1) is 6.31. The second-order valence-corrected chi connectivity index (χ2v) is 8.97. The van der Waals surface area contributed by atoms with Crippen molar-refractivity contribution in [3.63, 3.8) is 0 Å². The molecule has 0 aromatic carbocycles. The van der Waals surface area contributed by atoms with Gasteiger partial charge in [0.05, 0.1) is 0 Å². The number of aromatic nitrogens is 1. The smallest absolute Gasteiger partial charge is 0.107 e. The summed E-state index contributed by atoms with van der Waals surface area (Å²) in [6.07, 6.45) is 6.25. The molecule has 2 heterocycles. The van der Waals surface area contributed by atoms with E-state index >= 15 is 0 Å². The van der Waals surface area contributed by atoms with Crippen LogP contribution in [0.15, 0.2) is 24.4 Å². The zero-order valence-corrected chi connectivity index (χ0v) is 9.29. The minimum Gasteiger partial charge on any atom is -0.266 e. The molecule has 2 rings (SSSR count). The van der Waals surface area contributed by atoms with Gasteiger partial charge in [-0.15, -0.1) is 0 Å². The molecule has 1 aromatic heterocycles. The van der Waals surface area contributed by atoms with Crippen molar-refractivity contribution in [2.75, 3.05) is 0 Å². The van der Waals surface area contributed by atoms with Gasteiger partial charge in [0.2, 0.25) is 0 Å². The number of hydrogen-bond acceptors (Lipinski definition) is 1. The topological polar surface area (TPSA) is 12.9 Å². The maximum Gasteiger partial charge on any atom is 0.107 e. The third-order valence-corrected chi connectivity index (χ3v) is 7.69. The normalized spacial score (nSPS) is 21.3. The van der Waals surface area contributed by atoms with Crippen molar-refractivity contribution < 1.29 is 0 Å². The molecule has 0 atom stereocenters. The predicted octanol–water partition coefficient (Wildman–Crippen LogP) is 2.55. The van der Waals surface area contributed by atoms with Crippen LogP contribution in [0.3, 0.4) is 0 Å². The second-order valence-electron chi connectivity index (χ2n) is 4.34. The third-order valence-electron chi connectivity index (χ3n) is 3.24. The molecule has 1 aromatic rings. The van der Waals surface area contributed by atoms with Gasteiger partial charge in [-0.1, -0.05) is 44.0 Å². The van der Waals surface area contributed by atoms with Gasteiger partial charge in [-0.25, -0.2) is 0 Å². The zero-order valence-electron chi connectivity index (χ0n) is 8.29. The Hall–Kier alpha value is -0.633. The number of nitrogens with zero attached hydrogens (tertiary/aromatic N) is 1. The van der Waals surface area contributed by atoms with Gasteiger partial charge >= 0.3 is 0 Å². The molecule has 2 heteroatoms. The fourth-order valence-electron chi connectivity index (χ4n) is 2.31. The molecule has 0 amide bonds. The highest BCUT2D eigenvalue weighted by Gasteiger charge is 2.32. The van der Waals surface area contributed by atoms with Crippen LogP contribution in [0, 0.1) is 0 Å². The van der Waals surface area contributed by atoms with Crippen molar-refractivity contribution in [2.24, 2.45) is 0 Å². The Balaban J connectivity index is 2.23. The van der Waals surface area contributed by atoms with Gasteiger partial charge in [-0.3, -0.25) is 4.98 Å². The lowest BCUT2D eigenvalue weighted by Gasteiger charge is -2.30. The van der Waals surface area contributed by atoms with Crippen LogP contribution >= 0.6 is 0 Å². The van der Waals surface area contributed by atoms with E-state index in [1.807, 2.05) is 12.3 Å². The van der Waals surface area contributed by atoms with Crippen LogP contribution in [0.5, 0.6) is 0 Å². The minimum atomic E-state index is -1.12. The van der Waals surface area contributed by atoms with Gasteiger partial charge in [0.25, 0.3) is 0 Å². The van der Waals surface area contributed by atoms with Crippen LogP contribution in [0.2, 0.25) is 18.6 Å². The highest BCUT2D eigenvalue weighted by molar-refractivity contribution is 6.90. The summed E-state index contributed by atoms with van der Waals surface area (Å²) in [4.78, 5) is 4.54. The first-order valence-corrected chi connectivity index (χ1v) is 8.14. The molecule has 1 nitrogen and oxygen atoms in total. The Morgan fingerprint density at radius 1 is 1.15 bits per heavy atom. The zero-order chi connectivity index (χ0) is 9.15. The fraction of sp³-hybridized carbons (Fsp3) is 0.545. The molecular formula is C11H17NSi. The quantitative estimate of drug-likeness (QED) is 0.622. The Labute approximate surface area is 81.2 Å². The Kier molecular flexibility index (Phi) is 2.49. The highest BCUT2D eigenvalue weighted by Crippen LogP contribution is 2.27. The van der Waals surface area contributed by atoms with Crippen LogP contribution in [0.25, 0.3) is 0 Å². The Morgan fingerprint density at radius 3 is 2.54 bits per heavy atom. The molecule has 0 aliphatic carbocycles. The van der Waals surface area contributed by atoms with E-state index in [0.29, 0.717) is 0 Å². The second kappa shape index (κ2) is 3.62. The number of rotatable bonds is 1. The van der Waals surface area contributed by atoms with Gasteiger partial charge < -0.3 is 0 Å². The summed E-state index contributed by atoms with van der Waals surface area (Å²) in [5.41, 5.74) is 0. The summed E-state index contributed by atoms with van der Waals surface area (Å²) in [5, 5.41) is 1.43. The van der Waals surface area contributed by atoms with Gasteiger partial charge in [-0.2, -0.15) is 0 Å². The first kappa shape index (κ1) is 8.94. The van der Waals surface area contributed by atoms with Crippen molar-refractivity contribution in [3.05, 3.63) is 24.4 Å². The molecule has 1 fully saturated rings. The van der Waals surface area contributed by atoms with E-state index in [1.54, 1.807) is 0 Å². The van der Waals surface area contributed by atoms with Crippen LogP contribution < -0.4 is 5.32 Å². The van der Waals surface area contributed by atoms with Crippen LogP contribution in [0.1, 0.15) is 19.3 Å². The monoisotopic (exact) mass is 191 g/mol. The summed E-state index contributed by atoms with van der Waals surface area (Å²) in [5.74, 6) is 0. The molecule has 0 radical (unpaired) electrons. The minimum absolute atomic E-state index is 1.12. The van der Waals surface area contributed by atoms with E-state index in [2.05, 4.69) is 23.7 Å². The number of pyridine rings is 1. The molecule has 13 heavy (non-hydrogen) atoms. The van der Waals surface area contributed by atoms with Crippen molar-refractivity contribution in [1.82, 2.24) is 4.98 Å². The number of hydrogen-bond donors (Lipinski definition) is 0. The highest BCUT2D eigenvalue weighted by atomic mass is 28.3. The summed E-state index contributed by atoms with van der Waals surface area (Å²) in [6, 6.07) is 9.28. The summed E-state index contributed by atoms with van der Waals surface area (Å²) in [7, 11) is -1.12. The van der Waals surface area contributed by atoms with Crippen molar-refractivity contribution in [2.45, 2.75) is 37.9 Å². The largest absolute Gasteiger partial charge is 0.266 e. The first-order valence-electron chi connectivity index (χ1n) is 5.23. The standard InChI is InChI=1S/C11H17NSi/c1-13(9-5-2-6-10-13)11-7-3-4-8-12-11/h3-4,7-8H,2,5-6,9-10H2,1H3. The molecule has 1 aliphatic heterocycles. The summed E-state index contributed by atoms with van der Waals surface area (Å²) < 4.78 is 0. The van der Waals surface area contributed by atoms with Crippen molar-refractivity contribution in [3.8, 4) is 0 Å². The fourth-order valence-corrected chi connectivity index (χ4v) is 6.02. The molecule has 0 spiro atoms. The lowest BCUT2D eigenvalue weighted by Crippen LogP contribution is -2.47. The molecule has 1 saturated heterocycles. The molecule has 70 valence electrons. The Bertz CT molecular complexity index is 265. The average Bonchev–Trinajstić information content (AvgIpc) is 2.20. The molecule has 0 saturated carbocycles. The van der Waals surface area contributed by atoms with E-state index in [1.165, 1.54) is 36.7 Å². The Morgan fingerprint density at radius 2 is 1.92 bits per heavy atom. The summed E-state index contributed by atoms with van der Waals surface area (Å²) >= 11 is 0. The summed E-state index contributed by atoms with van der Waals surface area (Å²) in [6.45, 7) is 2.49. The molecule has 0 bridgehead atoms. The van der Waals surface area contributed by atoms with Gasteiger partial charge in [0.15, 0.2) is 0 Å². The molecule has 1 aliphatic rings. The van der Waals surface area contributed by atoms with E-state index in [-0.39, 0.29) is 0 Å². The van der Waals surface area contributed by atoms with E-state index < -0.39 is 8.07 Å². The van der Waals surface area contributed by atoms with Crippen LogP contribution in [-0.2, 0) is 0 Å². The molecular weight excluding hydrogens is 174 g/mol. The predicted molar refractivity (Wildman–Crippen MR) is 59.0 cm³/mol. The van der Waals surface area contributed by atoms with Gasteiger partial charge in [-0.05, 0) is 12.1 Å². The van der Waals surface area contributed by atoms with Gasteiger partial charge in [0, 0.05) is 11.5 Å². The molecule has 0 unspecified atom stereocenters. The SMILES string of the molecule is C[Si]1(c2ccccn2)CCCCC1. The van der Waals surface area contributed by atoms with Crippen LogP contribution in [-0.4, -0.2) is 13.1 Å². The third kappa shape index (κ3) is 1.83. The molecule has 0 N–H and O–H groups in total. The lowest BCUT2D eigenvalue weighted by atomic mass is 10.3. The lowest BCUT2D eigenvalue weighted by molar-refractivity contribution is 0.716. The average molecular weight is 191 g/mol. The van der Waals surface area contributed by atoms with E-state index in [0.717, 1.165) is 0 Å². The van der Waals surface area contributed by atoms with E-state index in [9.17, 15) is 0 Å². The van der Waals surface area contributed by atoms with Crippen LogP contribution in [0.4, 0.5) is 0 Å². The maximum atomic E-state index is 4.54. The van der Waals surface area contributed by atoms with Crippen molar-refractivity contribution in [1.29, 1.82) is 0 Å².